The van der Waals surface area contributed by atoms with E-state index in [1.165, 1.54) is 0 Å². The molecule has 0 saturated carbocycles. The van der Waals surface area contributed by atoms with Gasteiger partial charge < -0.3 is 19.5 Å². The average molecular weight is 494 g/mol. The number of rotatable bonds is 6. The number of hydrogen-bond donors (Lipinski definition) is 1. The third kappa shape index (κ3) is 5.29. The Morgan fingerprint density at radius 1 is 1.14 bits per heavy atom. The molecule has 3 aromatic heterocycles. The fraction of sp³-hybridized carbons (Fsp3) is 0.538. The Morgan fingerprint density at radius 3 is 2.56 bits per heavy atom. The number of ether oxygens (including phenoxy) is 1. The van der Waals surface area contributed by atoms with Crippen molar-refractivity contribution in [2.75, 3.05) is 37.6 Å². The van der Waals surface area contributed by atoms with Crippen molar-refractivity contribution >= 4 is 22.8 Å². The Hall–Kier alpha value is -3.24. The average Bonchev–Trinajstić information content (AvgIpc) is 3.44. The summed E-state index contributed by atoms with van der Waals surface area (Å²) >= 11 is 0. The first-order valence-electron chi connectivity index (χ1n) is 12.6. The van der Waals surface area contributed by atoms with Gasteiger partial charge >= 0.3 is 0 Å². The summed E-state index contributed by atoms with van der Waals surface area (Å²) in [4.78, 5) is 34.1. The predicted octanol–water partition coefficient (Wildman–Crippen LogP) is 2.79. The molecule has 36 heavy (non-hydrogen) atoms. The van der Waals surface area contributed by atoms with Gasteiger partial charge in [0.2, 0.25) is 11.8 Å². The molecule has 10 nitrogen and oxygen atoms in total. The fourth-order valence-corrected chi connectivity index (χ4v) is 4.72. The minimum Gasteiger partial charge on any atom is -0.473 e. The number of aryl methyl sites for hydroxylation is 1. The van der Waals surface area contributed by atoms with E-state index in [4.69, 9.17) is 19.5 Å². The summed E-state index contributed by atoms with van der Waals surface area (Å²) in [5.41, 5.74) is 3.12. The van der Waals surface area contributed by atoms with Crippen LogP contribution < -0.4 is 15.0 Å². The molecule has 2 fully saturated rings. The molecule has 0 aromatic carbocycles. The number of aromatic nitrogens is 4. The second-order valence-electron chi connectivity index (χ2n) is 10.7. The zero-order valence-electron chi connectivity index (χ0n) is 21.7. The van der Waals surface area contributed by atoms with Gasteiger partial charge in [-0.3, -0.25) is 9.63 Å². The maximum Gasteiger partial charge on any atom is 0.241 e. The van der Waals surface area contributed by atoms with E-state index in [2.05, 4.69) is 36.0 Å². The number of piperazine rings is 1. The molecule has 0 spiro atoms. The van der Waals surface area contributed by atoms with Crippen LogP contribution in [0.1, 0.15) is 34.1 Å². The summed E-state index contributed by atoms with van der Waals surface area (Å²) in [7, 11) is 1.93. The van der Waals surface area contributed by atoms with E-state index in [1.54, 1.807) is 6.33 Å². The molecule has 1 N–H and O–H groups in total. The summed E-state index contributed by atoms with van der Waals surface area (Å²) in [6.07, 6.45) is 3.93. The fourth-order valence-electron chi connectivity index (χ4n) is 4.72. The zero-order chi connectivity index (χ0) is 25.4. The van der Waals surface area contributed by atoms with Gasteiger partial charge in [0.1, 0.15) is 17.4 Å². The molecular formula is C26H35N7O3. The highest BCUT2D eigenvalue weighted by molar-refractivity contribution is 5.84. The van der Waals surface area contributed by atoms with Gasteiger partial charge in [-0.2, -0.15) is 5.06 Å². The van der Waals surface area contributed by atoms with E-state index in [0.717, 1.165) is 54.3 Å². The number of amides is 1. The number of anilines is 1. The lowest BCUT2D eigenvalue weighted by Gasteiger charge is -2.37. The molecule has 192 valence electrons. The maximum atomic E-state index is 11.7. The largest absolute Gasteiger partial charge is 0.473 e. The highest BCUT2D eigenvalue weighted by atomic mass is 16.7. The lowest BCUT2D eigenvalue weighted by molar-refractivity contribution is -0.230. The molecule has 0 unspecified atom stereocenters. The van der Waals surface area contributed by atoms with Crippen LogP contribution in [0.3, 0.4) is 0 Å². The van der Waals surface area contributed by atoms with Crippen molar-refractivity contribution in [3.05, 3.63) is 30.7 Å². The second-order valence-corrected chi connectivity index (χ2v) is 10.7. The van der Waals surface area contributed by atoms with Crippen LogP contribution in [-0.4, -0.2) is 74.9 Å². The van der Waals surface area contributed by atoms with Gasteiger partial charge in [-0.25, -0.2) is 15.0 Å². The number of pyridine rings is 2. The first-order valence-corrected chi connectivity index (χ1v) is 12.6. The molecule has 0 bridgehead atoms. The van der Waals surface area contributed by atoms with E-state index < -0.39 is 0 Å². The Morgan fingerprint density at radius 2 is 1.92 bits per heavy atom. The Bertz CT molecular complexity index is 1230. The molecule has 5 rings (SSSR count). The zero-order valence-corrected chi connectivity index (χ0v) is 21.7. The van der Waals surface area contributed by atoms with Crippen LogP contribution in [0.5, 0.6) is 5.88 Å². The first-order chi connectivity index (χ1) is 17.2. The lowest BCUT2D eigenvalue weighted by Crippen LogP contribution is -2.48. The van der Waals surface area contributed by atoms with Crippen molar-refractivity contribution in [3.8, 4) is 17.1 Å². The standard InChI is InChI=1S/C26H35N7O3/c1-17(19-12-23(34)28-15-19)35-25-24-21(29-16-31(24)5)13-20(30-25)18-6-7-22(27-14-18)32-8-10-33(11-9-32)36-26(2,3)4/h6-7,13-14,16-17,19H,8-12,15H2,1-5H3,(H,28,34)/t17-,19-/m1/s1. The summed E-state index contributed by atoms with van der Waals surface area (Å²) < 4.78 is 8.23. The number of imidazole rings is 1. The first kappa shape index (κ1) is 24.5. The van der Waals surface area contributed by atoms with Gasteiger partial charge in [-0.05, 0) is 45.9 Å². The highest BCUT2D eigenvalue weighted by Crippen LogP contribution is 2.31. The van der Waals surface area contributed by atoms with Crippen molar-refractivity contribution in [1.29, 1.82) is 0 Å². The Labute approximate surface area is 211 Å². The summed E-state index contributed by atoms with van der Waals surface area (Å²) in [6.45, 7) is 12.2. The van der Waals surface area contributed by atoms with Gasteiger partial charge in [0.25, 0.3) is 0 Å². The third-order valence-corrected chi connectivity index (χ3v) is 6.64. The number of nitrogens with zero attached hydrogens (tertiary/aromatic N) is 6. The van der Waals surface area contributed by atoms with Crippen molar-refractivity contribution in [1.82, 2.24) is 29.9 Å². The molecule has 2 aliphatic heterocycles. The molecule has 2 saturated heterocycles. The molecular weight excluding hydrogens is 458 g/mol. The lowest BCUT2D eigenvalue weighted by atomic mass is 10.0. The molecule has 2 atom stereocenters. The molecule has 2 aliphatic rings. The van der Waals surface area contributed by atoms with E-state index in [0.29, 0.717) is 18.8 Å². The SMILES string of the molecule is C[C@@H](Oc1nc(-c2ccc(N3CCN(OC(C)(C)C)CC3)nc2)cc2ncn(C)c12)[C@H]1CNC(=O)C1. The van der Waals surface area contributed by atoms with E-state index in [1.807, 2.05) is 48.0 Å². The summed E-state index contributed by atoms with van der Waals surface area (Å²) in [6, 6.07) is 6.05. The molecule has 3 aromatic rings. The number of carbonyl (C=O) groups excluding carboxylic acids is 1. The van der Waals surface area contributed by atoms with Crippen molar-refractivity contribution in [2.45, 2.75) is 45.8 Å². The maximum absolute atomic E-state index is 11.7. The van der Waals surface area contributed by atoms with Crippen LogP contribution >= 0.6 is 0 Å². The predicted molar refractivity (Wildman–Crippen MR) is 138 cm³/mol. The number of hydroxylamine groups is 2. The summed E-state index contributed by atoms with van der Waals surface area (Å²) in [5.74, 6) is 1.64. The molecule has 10 heteroatoms. The van der Waals surface area contributed by atoms with Crippen LogP contribution in [0.2, 0.25) is 0 Å². The summed E-state index contributed by atoms with van der Waals surface area (Å²) in [5, 5.41) is 4.92. The van der Waals surface area contributed by atoms with Crippen LogP contribution in [0.25, 0.3) is 22.3 Å². The Balaban J connectivity index is 1.33. The molecule has 0 aliphatic carbocycles. The quantitative estimate of drug-likeness (QED) is 0.560. The third-order valence-electron chi connectivity index (χ3n) is 6.64. The van der Waals surface area contributed by atoms with E-state index >= 15 is 0 Å². The highest BCUT2D eigenvalue weighted by Gasteiger charge is 2.29. The molecule has 0 radical (unpaired) electrons. The number of hydrogen-bond acceptors (Lipinski definition) is 8. The molecule has 1 amide bonds. The van der Waals surface area contributed by atoms with Gasteiger partial charge in [0, 0.05) is 63.9 Å². The second kappa shape index (κ2) is 9.67. The Kier molecular flexibility index (Phi) is 6.57. The molecule has 5 heterocycles. The van der Waals surface area contributed by atoms with Gasteiger partial charge in [-0.1, -0.05) is 0 Å². The normalized spacial score (nSPS) is 20.1. The van der Waals surface area contributed by atoms with Gasteiger partial charge in [0.15, 0.2) is 0 Å². The van der Waals surface area contributed by atoms with Crippen molar-refractivity contribution < 1.29 is 14.4 Å². The van der Waals surface area contributed by atoms with Crippen molar-refractivity contribution in [3.63, 3.8) is 0 Å². The van der Waals surface area contributed by atoms with Gasteiger partial charge in [0.05, 0.1) is 23.1 Å². The van der Waals surface area contributed by atoms with Crippen molar-refractivity contribution in [2.24, 2.45) is 13.0 Å². The van der Waals surface area contributed by atoms with Gasteiger partial charge in [-0.15, -0.1) is 0 Å². The van der Waals surface area contributed by atoms with Crippen LogP contribution in [0.4, 0.5) is 5.82 Å². The number of nitrogens with one attached hydrogen (secondary N) is 1. The monoisotopic (exact) mass is 493 g/mol. The minimum absolute atomic E-state index is 0.0668. The van der Waals surface area contributed by atoms with E-state index in [9.17, 15) is 4.79 Å². The van der Waals surface area contributed by atoms with Crippen LogP contribution in [-0.2, 0) is 16.7 Å². The minimum atomic E-state index is -0.185. The number of fused-ring (bicyclic) bond motifs is 1. The topological polar surface area (TPSA) is 97.6 Å². The smallest absolute Gasteiger partial charge is 0.241 e. The van der Waals surface area contributed by atoms with Crippen LogP contribution in [0.15, 0.2) is 30.7 Å². The van der Waals surface area contributed by atoms with Crippen LogP contribution in [0, 0.1) is 5.92 Å². The number of carbonyl (C=O) groups is 1. The van der Waals surface area contributed by atoms with E-state index in [-0.39, 0.29) is 23.5 Å².